The Morgan fingerprint density at radius 3 is 2.61 bits per heavy atom. The molecule has 23 heavy (non-hydrogen) atoms. The largest absolute Gasteiger partial charge is 0.472 e. The molecule has 3 rings (SSSR count). The first kappa shape index (κ1) is 14.9. The van der Waals surface area contributed by atoms with Crippen LogP contribution in [0.5, 0.6) is 11.5 Å². The number of nitrogens with one attached hydrogen (secondary N) is 1. The second-order valence-electron chi connectivity index (χ2n) is 5.22. The van der Waals surface area contributed by atoms with E-state index in [4.69, 9.17) is 9.15 Å². The normalized spacial score (nSPS) is 10.3. The van der Waals surface area contributed by atoms with Crippen molar-refractivity contribution in [2.75, 3.05) is 0 Å². The number of para-hydroxylation sites is 1. The van der Waals surface area contributed by atoms with Gasteiger partial charge in [-0.25, -0.2) is 0 Å². The van der Waals surface area contributed by atoms with Gasteiger partial charge in [0.15, 0.2) is 0 Å². The lowest BCUT2D eigenvalue weighted by atomic mass is 10.2. The van der Waals surface area contributed by atoms with Crippen molar-refractivity contribution in [3.63, 3.8) is 0 Å². The molecule has 4 heteroatoms. The van der Waals surface area contributed by atoms with E-state index in [1.807, 2.05) is 55.5 Å². The Balaban J connectivity index is 1.70. The SMILES string of the molecule is Cc1ccc(Oc2ccccc2CNC(=O)c2ccoc2)cc1. The maximum absolute atomic E-state index is 12.0. The zero-order valence-corrected chi connectivity index (χ0v) is 12.8. The second kappa shape index (κ2) is 6.83. The predicted octanol–water partition coefficient (Wildman–Crippen LogP) is 4.31. The summed E-state index contributed by atoms with van der Waals surface area (Å²) < 4.78 is 10.8. The van der Waals surface area contributed by atoms with E-state index in [9.17, 15) is 4.79 Å². The van der Waals surface area contributed by atoms with Crippen molar-refractivity contribution in [3.05, 3.63) is 83.8 Å². The Morgan fingerprint density at radius 1 is 1.09 bits per heavy atom. The highest BCUT2D eigenvalue weighted by Crippen LogP contribution is 2.25. The molecule has 0 atom stereocenters. The molecule has 0 saturated carbocycles. The van der Waals surface area contributed by atoms with Gasteiger partial charge in [0.05, 0.1) is 11.8 Å². The average molecular weight is 307 g/mol. The summed E-state index contributed by atoms with van der Waals surface area (Å²) in [6.45, 7) is 2.41. The number of carbonyl (C=O) groups is 1. The molecular formula is C19H17NO3. The van der Waals surface area contributed by atoms with Gasteiger partial charge < -0.3 is 14.5 Å². The lowest BCUT2D eigenvalue weighted by molar-refractivity contribution is 0.0950. The van der Waals surface area contributed by atoms with Gasteiger partial charge in [0, 0.05) is 12.1 Å². The molecule has 116 valence electrons. The van der Waals surface area contributed by atoms with E-state index in [1.54, 1.807) is 6.07 Å². The van der Waals surface area contributed by atoms with Crippen molar-refractivity contribution in [2.45, 2.75) is 13.5 Å². The molecule has 1 amide bonds. The molecule has 1 heterocycles. The van der Waals surface area contributed by atoms with E-state index in [1.165, 1.54) is 18.1 Å². The summed E-state index contributed by atoms with van der Waals surface area (Å²) in [5.41, 5.74) is 2.59. The highest BCUT2D eigenvalue weighted by molar-refractivity contribution is 5.93. The van der Waals surface area contributed by atoms with Gasteiger partial charge in [-0.05, 0) is 31.2 Å². The van der Waals surface area contributed by atoms with Crippen molar-refractivity contribution in [1.29, 1.82) is 0 Å². The van der Waals surface area contributed by atoms with Crippen LogP contribution in [-0.4, -0.2) is 5.91 Å². The Labute approximate surface area is 134 Å². The first-order valence-corrected chi connectivity index (χ1v) is 7.35. The van der Waals surface area contributed by atoms with E-state index in [-0.39, 0.29) is 5.91 Å². The van der Waals surface area contributed by atoms with Crippen molar-refractivity contribution in [3.8, 4) is 11.5 Å². The third-order valence-corrected chi connectivity index (χ3v) is 3.44. The van der Waals surface area contributed by atoms with Crippen LogP contribution in [0.2, 0.25) is 0 Å². The summed E-state index contributed by atoms with van der Waals surface area (Å²) in [6, 6.07) is 17.1. The third-order valence-electron chi connectivity index (χ3n) is 3.44. The van der Waals surface area contributed by atoms with Crippen LogP contribution in [0.1, 0.15) is 21.5 Å². The number of amides is 1. The molecule has 3 aromatic rings. The van der Waals surface area contributed by atoms with Gasteiger partial charge >= 0.3 is 0 Å². The highest BCUT2D eigenvalue weighted by atomic mass is 16.5. The van der Waals surface area contributed by atoms with Gasteiger partial charge in [-0.15, -0.1) is 0 Å². The van der Waals surface area contributed by atoms with Crippen LogP contribution in [-0.2, 0) is 6.54 Å². The van der Waals surface area contributed by atoms with Gasteiger partial charge in [-0.3, -0.25) is 4.79 Å². The van der Waals surface area contributed by atoms with Crippen molar-refractivity contribution < 1.29 is 13.9 Å². The maximum Gasteiger partial charge on any atom is 0.254 e. The Kier molecular flexibility index (Phi) is 4.43. The lowest BCUT2D eigenvalue weighted by Crippen LogP contribution is -2.22. The smallest absolute Gasteiger partial charge is 0.254 e. The maximum atomic E-state index is 12.0. The van der Waals surface area contributed by atoms with E-state index < -0.39 is 0 Å². The molecular weight excluding hydrogens is 290 g/mol. The number of aryl methyl sites for hydroxylation is 1. The van der Waals surface area contributed by atoms with Crippen LogP contribution in [0, 0.1) is 6.92 Å². The minimum absolute atomic E-state index is 0.177. The number of furan rings is 1. The Bertz CT molecular complexity index is 777. The van der Waals surface area contributed by atoms with Crippen molar-refractivity contribution in [1.82, 2.24) is 5.32 Å². The first-order chi connectivity index (χ1) is 11.2. The fourth-order valence-corrected chi connectivity index (χ4v) is 2.15. The monoisotopic (exact) mass is 307 g/mol. The molecule has 0 aliphatic rings. The number of hydrogen-bond donors (Lipinski definition) is 1. The van der Waals surface area contributed by atoms with Crippen LogP contribution in [0.15, 0.2) is 71.5 Å². The quantitative estimate of drug-likeness (QED) is 0.764. The molecule has 4 nitrogen and oxygen atoms in total. The Morgan fingerprint density at radius 2 is 1.87 bits per heavy atom. The summed E-state index contributed by atoms with van der Waals surface area (Å²) in [6.07, 6.45) is 2.90. The van der Waals surface area contributed by atoms with E-state index in [2.05, 4.69) is 5.32 Å². The fourth-order valence-electron chi connectivity index (χ4n) is 2.15. The predicted molar refractivity (Wildman–Crippen MR) is 87.6 cm³/mol. The molecule has 1 aromatic heterocycles. The minimum Gasteiger partial charge on any atom is -0.472 e. The standard InChI is InChI=1S/C19H17NO3/c1-14-6-8-17(9-7-14)23-18-5-3-2-4-15(18)12-20-19(21)16-10-11-22-13-16/h2-11,13H,12H2,1H3,(H,20,21). The summed E-state index contributed by atoms with van der Waals surface area (Å²) in [4.78, 5) is 12.0. The second-order valence-corrected chi connectivity index (χ2v) is 5.22. The average Bonchev–Trinajstić information content (AvgIpc) is 3.10. The van der Waals surface area contributed by atoms with Crippen LogP contribution in [0.4, 0.5) is 0 Å². The van der Waals surface area contributed by atoms with Crippen LogP contribution in [0.25, 0.3) is 0 Å². The molecule has 0 radical (unpaired) electrons. The lowest BCUT2D eigenvalue weighted by Gasteiger charge is -2.12. The molecule has 1 N–H and O–H groups in total. The van der Waals surface area contributed by atoms with Crippen LogP contribution in [0.3, 0.4) is 0 Å². The number of ether oxygens (including phenoxy) is 1. The summed E-state index contributed by atoms with van der Waals surface area (Å²) in [5.74, 6) is 1.32. The van der Waals surface area contributed by atoms with Crippen molar-refractivity contribution >= 4 is 5.91 Å². The number of carbonyl (C=O) groups excluding carboxylic acids is 1. The van der Waals surface area contributed by atoms with E-state index in [0.717, 1.165) is 17.1 Å². The van der Waals surface area contributed by atoms with Crippen LogP contribution < -0.4 is 10.1 Å². The zero-order chi connectivity index (χ0) is 16.1. The van der Waals surface area contributed by atoms with Crippen LogP contribution >= 0.6 is 0 Å². The van der Waals surface area contributed by atoms with Gasteiger partial charge in [0.2, 0.25) is 0 Å². The van der Waals surface area contributed by atoms with Gasteiger partial charge in [0.25, 0.3) is 5.91 Å². The molecule has 0 unspecified atom stereocenters. The van der Waals surface area contributed by atoms with Gasteiger partial charge in [-0.2, -0.15) is 0 Å². The number of benzene rings is 2. The summed E-state index contributed by atoms with van der Waals surface area (Å²) >= 11 is 0. The first-order valence-electron chi connectivity index (χ1n) is 7.35. The highest BCUT2D eigenvalue weighted by Gasteiger charge is 2.09. The van der Waals surface area contributed by atoms with Gasteiger partial charge in [-0.1, -0.05) is 35.9 Å². The number of rotatable bonds is 5. The number of hydrogen-bond acceptors (Lipinski definition) is 3. The summed E-state index contributed by atoms with van der Waals surface area (Å²) in [5, 5.41) is 2.86. The summed E-state index contributed by atoms with van der Waals surface area (Å²) in [7, 11) is 0. The minimum atomic E-state index is -0.177. The molecule has 0 fully saturated rings. The molecule has 0 bridgehead atoms. The van der Waals surface area contributed by atoms with E-state index >= 15 is 0 Å². The molecule has 0 spiro atoms. The Hall–Kier alpha value is -3.01. The fraction of sp³-hybridized carbons (Fsp3) is 0.105. The third kappa shape index (κ3) is 3.80. The molecule has 0 saturated heterocycles. The van der Waals surface area contributed by atoms with Gasteiger partial charge in [0.1, 0.15) is 17.8 Å². The van der Waals surface area contributed by atoms with E-state index in [0.29, 0.717) is 12.1 Å². The molecule has 0 aliphatic heterocycles. The topological polar surface area (TPSA) is 51.5 Å². The molecule has 0 aliphatic carbocycles. The molecule has 2 aromatic carbocycles. The van der Waals surface area contributed by atoms with Crippen molar-refractivity contribution in [2.24, 2.45) is 0 Å². The zero-order valence-electron chi connectivity index (χ0n) is 12.8.